The van der Waals surface area contributed by atoms with Crippen LogP contribution in [0.3, 0.4) is 0 Å². The van der Waals surface area contributed by atoms with Crippen molar-refractivity contribution >= 4 is 39.1 Å². The highest BCUT2D eigenvalue weighted by atomic mass is 35.5. The second kappa shape index (κ2) is 11.1. The molecule has 1 fully saturated rings. The summed E-state index contributed by atoms with van der Waals surface area (Å²) in [7, 11) is -1.87. The summed E-state index contributed by atoms with van der Waals surface area (Å²) in [6.45, 7) is 4.65. The molecule has 180 valence electrons. The summed E-state index contributed by atoms with van der Waals surface area (Å²) in [5, 5.41) is 3.87. The van der Waals surface area contributed by atoms with E-state index < -0.39 is 10.0 Å². The van der Waals surface area contributed by atoms with Gasteiger partial charge < -0.3 is 10.1 Å². The van der Waals surface area contributed by atoms with Gasteiger partial charge in [-0.2, -0.15) is 0 Å². The Morgan fingerprint density at radius 1 is 1.15 bits per heavy atom. The van der Waals surface area contributed by atoms with Crippen LogP contribution in [0.1, 0.15) is 48.9 Å². The molecule has 1 atom stereocenters. The molecule has 3 rings (SSSR count). The monoisotopic (exact) mass is 512 g/mol. The highest BCUT2D eigenvalue weighted by Crippen LogP contribution is 2.28. The van der Waals surface area contributed by atoms with Gasteiger partial charge in [0.15, 0.2) is 0 Å². The van der Waals surface area contributed by atoms with Crippen LogP contribution in [0.25, 0.3) is 0 Å². The molecular weight excluding hydrogens is 483 g/mol. The lowest BCUT2D eigenvalue weighted by molar-refractivity contribution is -0.126. The van der Waals surface area contributed by atoms with Crippen LogP contribution in [-0.4, -0.2) is 38.8 Å². The van der Waals surface area contributed by atoms with E-state index in [9.17, 15) is 13.2 Å². The molecule has 1 saturated heterocycles. The smallest absolute Gasteiger partial charge is 0.223 e. The molecule has 1 unspecified atom stereocenters. The Balaban J connectivity index is 1.58. The number of aryl methyl sites for hydroxylation is 1. The second-order valence-corrected chi connectivity index (χ2v) is 11.2. The summed E-state index contributed by atoms with van der Waals surface area (Å²) in [4.78, 5) is 12.9. The molecule has 1 amide bonds. The van der Waals surface area contributed by atoms with Crippen molar-refractivity contribution in [3.63, 3.8) is 0 Å². The summed E-state index contributed by atoms with van der Waals surface area (Å²) in [6, 6.07) is 10.7. The summed E-state index contributed by atoms with van der Waals surface area (Å²) in [5.41, 5.74) is 2.64. The Kier molecular flexibility index (Phi) is 8.67. The van der Waals surface area contributed by atoms with E-state index in [0.717, 1.165) is 23.3 Å². The van der Waals surface area contributed by atoms with Crippen molar-refractivity contribution in [1.29, 1.82) is 0 Å². The molecule has 1 aliphatic rings. The molecule has 0 saturated carbocycles. The number of nitrogens with zero attached hydrogens (tertiary/aromatic N) is 1. The first kappa shape index (κ1) is 25.8. The third-order valence-electron chi connectivity index (χ3n) is 6.10. The van der Waals surface area contributed by atoms with Crippen molar-refractivity contribution in [2.24, 2.45) is 5.92 Å². The zero-order valence-electron chi connectivity index (χ0n) is 19.1. The fourth-order valence-corrected chi connectivity index (χ4v) is 6.03. The van der Waals surface area contributed by atoms with Crippen LogP contribution >= 0.6 is 23.2 Å². The third kappa shape index (κ3) is 6.41. The number of halogens is 2. The number of sulfonamides is 1. The Bertz CT molecular complexity index is 1100. The average Bonchev–Trinajstić information content (AvgIpc) is 2.79. The maximum Gasteiger partial charge on any atom is 0.223 e. The van der Waals surface area contributed by atoms with Crippen LogP contribution < -0.4 is 10.1 Å². The number of piperidine rings is 1. The second-order valence-electron chi connectivity index (χ2n) is 8.38. The van der Waals surface area contributed by atoms with E-state index in [1.807, 2.05) is 32.0 Å². The average molecular weight is 513 g/mol. The number of hydrogen-bond acceptors (Lipinski definition) is 4. The van der Waals surface area contributed by atoms with E-state index in [1.165, 1.54) is 4.31 Å². The summed E-state index contributed by atoms with van der Waals surface area (Å²) in [6.07, 6.45) is 1.74. The van der Waals surface area contributed by atoms with Gasteiger partial charge >= 0.3 is 0 Å². The number of carbonyl (C=O) groups excluding carboxylic acids is 1. The van der Waals surface area contributed by atoms with Gasteiger partial charge in [-0.3, -0.25) is 4.79 Å². The summed E-state index contributed by atoms with van der Waals surface area (Å²) in [5.74, 6) is 0.427. The standard InChI is InChI=1S/C24H30Cl2N2O4S/c1-4-22(19-6-8-23(32-3)16(2)13-19)27-24(29)18-9-11-28(12-10-18)33(30,31)15-17-5-7-20(25)21(26)14-17/h5-8,13-14,18,22H,4,9-12,15H2,1-3H3,(H,27,29). The minimum Gasteiger partial charge on any atom is -0.496 e. The molecule has 1 N–H and O–H groups in total. The molecule has 0 bridgehead atoms. The van der Waals surface area contributed by atoms with Crippen LogP contribution in [0, 0.1) is 12.8 Å². The zero-order valence-corrected chi connectivity index (χ0v) is 21.4. The van der Waals surface area contributed by atoms with E-state index in [0.29, 0.717) is 41.5 Å². The molecule has 9 heteroatoms. The largest absolute Gasteiger partial charge is 0.496 e. The first-order valence-corrected chi connectivity index (χ1v) is 13.4. The Labute approximate surface area is 206 Å². The lowest BCUT2D eigenvalue weighted by Gasteiger charge is -2.31. The van der Waals surface area contributed by atoms with Crippen molar-refractivity contribution in [1.82, 2.24) is 9.62 Å². The number of nitrogens with one attached hydrogen (secondary N) is 1. The van der Waals surface area contributed by atoms with Crippen LogP contribution in [0.15, 0.2) is 36.4 Å². The van der Waals surface area contributed by atoms with Crippen molar-refractivity contribution in [3.05, 3.63) is 63.1 Å². The first-order chi connectivity index (χ1) is 15.6. The molecule has 1 heterocycles. The predicted molar refractivity (Wildman–Crippen MR) is 132 cm³/mol. The number of benzene rings is 2. The molecule has 2 aromatic rings. The van der Waals surface area contributed by atoms with Crippen molar-refractivity contribution in [2.75, 3.05) is 20.2 Å². The Morgan fingerprint density at radius 3 is 2.42 bits per heavy atom. The molecule has 33 heavy (non-hydrogen) atoms. The third-order valence-corrected chi connectivity index (χ3v) is 8.69. The summed E-state index contributed by atoms with van der Waals surface area (Å²) < 4.78 is 32.5. The lowest BCUT2D eigenvalue weighted by Crippen LogP contribution is -2.44. The van der Waals surface area contributed by atoms with Crippen molar-refractivity contribution in [2.45, 2.75) is 44.9 Å². The van der Waals surface area contributed by atoms with Gasteiger partial charge in [0, 0.05) is 19.0 Å². The maximum atomic E-state index is 12.9. The van der Waals surface area contributed by atoms with Crippen LogP contribution in [0.2, 0.25) is 10.0 Å². The molecule has 0 radical (unpaired) electrons. The fraction of sp³-hybridized carbons (Fsp3) is 0.458. The maximum absolute atomic E-state index is 12.9. The predicted octanol–water partition coefficient (Wildman–Crippen LogP) is 5.12. The molecule has 6 nitrogen and oxygen atoms in total. The van der Waals surface area contributed by atoms with Gasteiger partial charge in [0.25, 0.3) is 0 Å². The minimum absolute atomic E-state index is 0.0307. The molecule has 1 aliphatic heterocycles. The number of ether oxygens (including phenoxy) is 1. The lowest BCUT2D eigenvalue weighted by atomic mass is 9.95. The van der Waals surface area contributed by atoms with E-state index in [-0.39, 0.29) is 23.6 Å². The number of hydrogen-bond donors (Lipinski definition) is 1. The van der Waals surface area contributed by atoms with E-state index >= 15 is 0 Å². The molecule has 0 aliphatic carbocycles. The SMILES string of the molecule is CCC(NC(=O)C1CCN(S(=O)(=O)Cc2ccc(Cl)c(Cl)c2)CC1)c1ccc(OC)c(C)c1. The van der Waals surface area contributed by atoms with Crippen LogP contribution in [-0.2, 0) is 20.6 Å². The zero-order chi connectivity index (χ0) is 24.2. The Morgan fingerprint density at radius 2 is 1.85 bits per heavy atom. The molecule has 0 aromatic heterocycles. The van der Waals surface area contributed by atoms with Gasteiger partial charge in [-0.05, 0) is 61.1 Å². The van der Waals surface area contributed by atoms with E-state index in [2.05, 4.69) is 5.32 Å². The highest BCUT2D eigenvalue weighted by molar-refractivity contribution is 7.88. The van der Waals surface area contributed by atoms with Crippen LogP contribution in [0.5, 0.6) is 5.75 Å². The molecule has 2 aromatic carbocycles. The van der Waals surface area contributed by atoms with Crippen molar-refractivity contribution < 1.29 is 17.9 Å². The van der Waals surface area contributed by atoms with E-state index in [4.69, 9.17) is 27.9 Å². The first-order valence-electron chi connectivity index (χ1n) is 11.0. The van der Waals surface area contributed by atoms with Gasteiger partial charge in [0.1, 0.15) is 5.75 Å². The Hall–Kier alpha value is -1.80. The molecular formula is C24H30Cl2N2O4S. The number of amides is 1. The fourth-order valence-electron chi connectivity index (χ4n) is 4.16. The topological polar surface area (TPSA) is 75.7 Å². The van der Waals surface area contributed by atoms with Gasteiger partial charge in [-0.15, -0.1) is 0 Å². The van der Waals surface area contributed by atoms with E-state index in [1.54, 1.807) is 25.3 Å². The van der Waals surface area contributed by atoms with Gasteiger partial charge in [-0.1, -0.05) is 48.3 Å². The minimum atomic E-state index is -3.51. The van der Waals surface area contributed by atoms with Crippen molar-refractivity contribution in [3.8, 4) is 5.75 Å². The normalized spacial score (nSPS) is 16.4. The number of carbonyl (C=O) groups is 1. The number of rotatable bonds is 8. The van der Waals surface area contributed by atoms with Crippen LogP contribution in [0.4, 0.5) is 0 Å². The summed E-state index contributed by atoms with van der Waals surface area (Å²) >= 11 is 11.9. The quantitative estimate of drug-likeness (QED) is 0.532. The van der Waals surface area contributed by atoms with Gasteiger partial charge in [-0.25, -0.2) is 12.7 Å². The molecule has 0 spiro atoms. The highest BCUT2D eigenvalue weighted by Gasteiger charge is 2.32. The van der Waals surface area contributed by atoms with Gasteiger partial charge in [0.05, 0.1) is 28.9 Å². The number of methoxy groups -OCH3 is 1. The van der Waals surface area contributed by atoms with Gasteiger partial charge in [0.2, 0.25) is 15.9 Å².